The summed E-state index contributed by atoms with van der Waals surface area (Å²) < 4.78 is 37.5. The highest BCUT2D eigenvalue weighted by molar-refractivity contribution is 5.62. The van der Waals surface area contributed by atoms with Crippen molar-refractivity contribution in [1.29, 1.82) is 0 Å². The minimum Gasteiger partial charge on any atom is -0.430 e. The molecule has 0 saturated carbocycles. The number of carbonyl (C=O) groups is 1. The van der Waals surface area contributed by atoms with Crippen molar-refractivity contribution in [3.8, 4) is 0 Å². The van der Waals surface area contributed by atoms with E-state index in [0.29, 0.717) is 43.6 Å². The number of cyclic esters (lactones) is 1. The molecule has 21 heavy (non-hydrogen) atoms. The van der Waals surface area contributed by atoms with Crippen LogP contribution in [-0.2, 0) is 16.0 Å². The van der Waals surface area contributed by atoms with Crippen LogP contribution in [0.5, 0.6) is 0 Å². The lowest BCUT2D eigenvalue weighted by molar-refractivity contribution is -0.00186. The van der Waals surface area contributed by atoms with Crippen molar-refractivity contribution in [2.24, 2.45) is 0 Å². The first kappa shape index (κ1) is 14.3. The summed E-state index contributed by atoms with van der Waals surface area (Å²) in [6.45, 7) is 3.50. The topological polar surface area (TPSA) is 38.8 Å². The Kier molecular flexibility index (Phi) is 3.57. The number of rotatable bonds is 2. The average Bonchev–Trinajstić information content (AvgIpc) is 2.83. The van der Waals surface area contributed by atoms with Gasteiger partial charge >= 0.3 is 6.16 Å². The van der Waals surface area contributed by atoms with Gasteiger partial charge < -0.3 is 9.47 Å². The Morgan fingerprint density at radius 2 is 1.95 bits per heavy atom. The second-order valence-corrected chi connectivity index (χ2v) is 5.77. The van der Waals surface area contributed by atoms with Crippen LogP contribution in [0.15, 0.2) is 12.1 Å². The number of hydrogen-bond donors (Lipinski definition) is 0. The number of piperidine rings is 1. The van der Waals surface area contributed by atoms with Crippen LogP contribution in [0.3, 0.4) is 0 Å². The number of benzene rings is 1. The molecule has 0 aromatic heterocycles. The van der Waals surface area contributed by atoms with Gasteiger partial charge in [0.25, 0.3) is 0 Å². The number of halogens is 2. The van der Waals surface area contributed by atoms with Gasteiger partial charge in [-0.1, -0.05) is 12.1 Å². The Morgan fingerprint density at radius 1 is 1.24 bits per heavy atom. The molecule has 0 radical (unpaired) electrons. The number of carbonyl (C=O) groups excluding carboxylic acids is 1. The monoisotopic (exact) mass is 297 g/mol. The fourth-order valence-electron chi connectivity index (χ4n) is 2.84. The van der Waals surface area contributed by atoms with Gasteiger partial charge in [-0.3, -0.25) is 4.90 Å². The quantitative estimate of drug-likeness (QED) is 0.787. The van der Waals surface area contributed by atoms with Gasteiger partial charge in [0.2, 0.25) is 0 Å². The Balaban J connectivity index is 1.63. The third kappa shape index (κ3) is 2.72. The summed E-state index contributed by atoms with van der Waals surface area (Å²) in [4.78, 5) is 13.1. The number of nitrogens with zero attached hydrogens (tertiary/aromatic N) is 1. The molecular weight excluding hydrogens is 280 g/mol. The molecule has 114 valence electrons. The first-order chi connectivity index (χ1) is 9.99. The van der Waals surface area contributed by atoms with E-state index in [-0.39, 0.29) is 6.61 Å². The molecule has 2 saturated heterocycles. The van der Waals surface area contributed by atoms with E-state index in [9.17, 15) is 13.6 Å². The van der Waals surface area contributed by atoms with Gasteiger partial charge in [0.15, 0.2) is 17.2 Å². The van der Waals surface area contributed by atoms with Crippen LogP contribution < -0.4 is 0 Å². The Labute approximate surface area is 121 Å². The predicted octanol–water partition coefficient (Wildman–Crippen LogP) is 2.77. The maximum Gasteiger partial charge on any atom is 0.509 e. The van der Waals surface area contributed by atoms with Crippen molar-refractivity contribution in [3.63, 3.8) is 0 Å². The fraction of sp³-hybridized carbons (Fsp3) is 0.533. The summed E-state index contributed by atoms with van der Waals surface area (Å²) in [5.74, 6) is -1.55. The summed E-state index contributed by atoms with van der Waals surface area (Å²) in [6.07, 6.45) is 0.679. The lowest BCUT2D eigenvalue weighted by Crippen LogP contribution is -2.45. The zero-order chi connectivity index (χ0) is 15.0. The van der Waals surface area contributed by atoms with Gasteiger partial charge in [-0.15, -0.1) is 0 Å². The van der Waals surface area contributed by atoms with Crippen molar-refractivity contribution in [2.45, 2.75) is 31.9 Å². The highest BCUT2D eigenvalue weighted by Gasteiger charge is 2.44. The summed E-state index contributed by atoms with van der Waals surface area (Å²) in [5, 5.41) is 0. The van der Waals surface area contributed by atoms with Crippen LogP contribution in [0, 0.1) is 18.6 Å². The van der Waals surface area contributed by atoms with E-state index in [1.54, 1.807) is 19.1 Å². The third-order valence-electron chi connectivity index (χ3n) is 4.27. The van der Waals surface area contributed by atoms with Crippen LogP contribution in [0.2, 0.25) is 0 Å². The standard InChI is InChI=1S/C15H17F2NO3/c1-10-2-3-11(13(17)12(10)16)8-18-6-4-15(5-7-18)9-20-14(19)21-15/h2-3H,4-9H2,1H3. The summed E-state index contributed by atoms with van der Waals surface area (Å²) in [6, 6.07) is 3.21. The maximum absolute atomic E-state index is 13.9. The lowest BCUT2D eigenvalue weighted by Gasteiger charge is -2.36. The third-order valence-corrected chi connectivity index (χ3v) is 4.27. The molecule has 0 N–H and O–H groups in total. The normalized spacial score (nSPS) is 21.4. The van der Waals surface area contributed by atoms with Crippen LogP contribution in [-0.4, -0.2) is 36.4 Å². The SMILES string of the molecule is Cc1ccc(CN2CCC3(CC2)COC(=O)O3)c(F)c1F. The molecule has 2 heterocycles. The van der Waals surface area contributed by atoms with E-state index in [1.165, 1.54) is 0 Å². The van der Waals surface area contributed by atoms with Crippen molar-refractivity contribution in [2.75, 3.05) is 19.7 Å². The molecule has 3 rings (SSSR count). The average molecular weight is 297 g/mol. The molecule has 0 aliphatic carbocycles. The Bertz CT molecular complexity index is 568. The van der Waals surface area contributed by atoms with Gasteiger partial charge in [0.05, 0.1) is 0 Å². The fourth-order valence-corrected chi connectivity index (χ4v) is 2.84. The van der Waals surface area contributed by atoms with E-state index >= 15 is 0 Å². The van der Waals surface area contributed by atoms with Crippen LogP contribution in [0.25, 0.3) is 0 Å². The molecule has 2 fully saturated rings. The Hall–Kier alpha value is -1.69. The van der Waals surface area contributed by atoms with E-state index in [2.05, 4.69) is 0 Å². The molecule has 0 bridgehead atoms. The predicted molar refractivity (Wildman–Crippen MR) is 70.8 cm³/mol. The van der Waals surface area contributed by atoms with Crippen LogP contribution in [0.1, 0.15) is 24.0 Å². The van der Waals surface area contributed by atoms with Crippen molar-refractivity contribution < 1.29 is 23.0 Å². The Morgan fingerprint density at radius 3 is 2.57 bits per heavy atom. The van der Waals surface area contributed by atoms with Gasteiger partial charge in [-0.2, -0.15) is 0 Å². The number of ether oxygens (including phenoxy) is 2. The van der Waals surface area contributed by atoms with Crippen LogP contribution >= 0.6 is 0 Å². The molecule has 1 aromatic rings. The molecule has 4 nitrogen and oxygen atoms in total. The molecule has 1 spiro atoms. The van der Waals surface area contributed by atoms with Crippen molar-refractivity contribution in [3.05, 3.63) is 34.9 Å². The van der Waals surface area contributed by atoms with E-state index in [0.717, 1.165) is 0 Å². The zero-order valence-corrected chi connectivity index (χ0v) is 11.8. The summed E-state index contributed by atoms with van der Waals surface area (Å²) in [7, 11) is 0. The molecule has 6 heteroatoms. The van der Waals surface area contributed by atoms with Crippen molar-refractivity contribution >= 4 is 6.16 Å². The van der Waals surface area contributed by atoms with Gasteiger partial charge in [-0.25, -0.2) is 13.6 Å². The lowest BCUT2D eigenvalue weighted by atomic mass is 9.92. The molecular formula is C15H17F2NO3. The second kappa shape index (κ2) is 5.26. The van der Waals surface area contributed by atoms with E-state index in [1.807, 2.05) is 4.90 Å². The highest BCUT2D eigenvalue weighted by Crippen LogP contribution is 2.32. The van der Waals surface area contributed by atoms with E-state index < -0.39 is 23.4 Å². The minimum absolute atomic E-state index is 0.285. The molecule has 0 atom stereocenters. The summed E-state index contributed by atoms with van der Waals surface area (Å²) >= 11 is 0. The molecule has 1 aromatic carbocycles. The first-order valence-corrected chi connectivity index (χ1v) is 7.01. The first-order valence-electron chi connectivity index (χ1n) is 7.01. The minimum atomic E-state index is -0.779. The van der Waals surface area contributed by atoms with Crippen molar-refractivity contribution in [1.82, 2.24) is 4.90 Å². The number of hydrogen-bond acceptors (Lipinski definition) is 4. The summed E-state index contributed by atoms with van der Waals surface area (Å²) in [5.41, 5.74) is 0.141. The maximum atomic E-state index is 13.9. The van der Waals surface area contributed by atoms with Gasteiger partial charge in [0.1, 0.15) is 6.61 Å². The largest absolute Gasteiger partial charge is 0.509 e. The molecule has 0 unspecified atom stereocenters. The molecule has 2 aliphatic rings. The van der Waals surface area contributed by atoms with E-state index in [4.69, 9.17) is 9.47 Å². The second-order valence-electron chi connectivity index (χ2n) is 5.77. The zero-order valence-electron chi connectivity index (χ0n) is 11.8. The molecule has 2 aliphatic heterocycles. The number of aryl methyl sites for hydroxylation is 1. The smallest absolute Gasteiger partial charge is 0.430 e. The number of likely N-dealkylation sites (tertiary alicyclic amines) is 1. The molecule has 0 amide bonds. The van der Waals surface area contributed by atoms with Crippen LogP contribution in [0.4, 0.5) is 13.6 Å². The van der Waals surface area contributed by atoms with Gasteiger partial charge in [0, 0.05) is 38.0 Å². The van der Waals surface area contributed by atoms with Gasteiger partial charge in [-0.05, 0) is 12.5 Å². The highest BCUT2D eigenvalue weighted by atomic mass is 19.2.